The zero-order chi connectivity index (χ0) is 21.1. The number of benzene rings is 2. The number of amides is 1. The molecule has 0 spiro atoms. The minimum atomic E-state index is -3.74. The summed E-state index contributed by atoms with van der Waals surface area (Å²) >= 11 is 6.02. The molecule has 0 aliphatic rings. The van der Waals surface area contributed by atoms with Crippen LogP contribution in [-0.2, 0) is 14.8 Å². The molecule has 0 aliphatic carbocycles. The van der Waals surface area contributed by atoms with Gasteiger partial charge in [-0.2, -0.15) is 0 Å². The molecule has 6 nitrogen and oxygen atoms in total. The zero-order valence-corrected chi connectivity index (χ0v) is 18.2. The van der Waals surface area contributed by atoms with Crippen molar-refractivity contribution >= 4 is 33.2 Å². The lowest BCUT2D eigenvalue weighted by atomic mass is 10.0. The molecule has 28 heavy (non-hydrogen) atoms. The Balaban J connectivity index is 2.25. The van der Waals surface area contributed by atoms with Crippen LogP contribution in [0.25, 0.3) is 0 Å². The Kier molecular flexibility index (Phi) is 6.96. The fourth-order valence-electron chi connectivity index (χ4n) is 2.77. The summed E-state index contributed by atoms with van der Waals surface area (Å²) in [6.07, 6.45) is 1.04. The summed E-state index contributed by atoms with van der Waals surface area (Å²) in [6, 6.07) is 10.3. The molecule has 0 aliphatic heterocycles. The highest BCUT2D eigenvalue weighted by atomic mass is 35.5. The highest BCUT2D eigenvalue weighted by Gasteiger charge is 2.25. The average molecular weight is 425 g/mol. The molecule has 0 heterocycles. The molecule has 0 aromatic heterocycles. The van der Waals surface area contributed by atoms with Gasteiger partial charge in [0.25, 0.3) is 0 Å². The van der Waals surface area contributed by atoms with Gasteiger partial charge in [0.05, 0.1) is 25.1 Å². The van der Waals surface area contributed by atoms with E-state index in [1.54, 1.807) is 12.1 Å². The van der Waals surface area contributed by atoms with E-state index in [9.17, 15) is 13.2 Å². The first-order valence-corrected chi connectivity index (χ1v) is 10.9. The number of rotatable bonds is 7. The predicted octanol–water partition coefficient (Wildman–Crippen LogP) is 3.61. The van der Waals surface area contributed by atoms with E-state index in [1.165, 1.54) is 18.7 Å². The largest absolute Gasteiger partial charge is 0.495 e. The number of halogens is 1. The minimum absolute atomic E-state index is 0.214. The Morgan fingerprint density at radius 1 is 1.18 bits per heavy atom. The number of carbonyl (C=O) groups excluding carboxylic acids is 1. The molecule has 0 unspecified atom stereocenters. The summed E-state index contributed by atoms with van der Waals surface area (Å²) in [6.45, 7) is 5.49. The number of aryl methyl sites for hydroxylation is 2. The monoisotopic (exact) mass is 424 g/mol. The third-order valence-electron chi connectivity index (χ3n) is 4.51. The van der Waals surface area contributed by atoms with Gasteiger partial charge in [0.2, 0.25) is 15.9 Å². The summed E-state index contributed by atoms with van der Waals surface area (Å²) in [5, 5.41) is 3.19. The maximum atomic E-state index is 12.6. The number of hydrogen-bond donors (Lipinski definition) is 1. The van der Waals surface area contributed by atoms with E-state index < -0.39 is 15.9 Å². The molecule has 152 valence electrons. The molecule has 1 atom stereocenters. The molecule has 0 fully saturated rings. The second-order valence-electron chi connectivity index (χ2n) is 6.72. The zero-order valence-electron chi connectivity index (χ0n) is 16.6. The molecular formula is C20H25ClN2O4S. The van der Waals surface area contributed by atoms with E-state index >= 15 is 0 Å². The van der Waals surface area contributed by atoms with Crippen LogP contribution in [0.15, 0.2) is 36.4 Å². The molecular weight excluding hydrogens is 400 g/mol. The fraction of sp³-hybridized carbons (Fsp3) is 0.350. The van der Waals surface area contributed by atoms with E-state index in [-0.39, 0.29) is 18.3 Å². The van der Waals surface area contributed by atoms with Crippen LogP contribution in [0.1, 0.15) is 29.7 Å². The first-order valence-electron chi connectivity index (χ1n) is 8.70. The number of methoxy groups -OCH3 is 1. The van der Waals surface area contributed by atoms with Crippen molar-refractivity contribution in [3.8, 4) is 5.75 Å². The number of hydrogen-bond acceptors (Lipinski definition) is 4. The van der Waals surface area contributed by atoms with Crippen molar-refractivity contribution < 1.29 is 17.9 Å². The SMILES string of the molecule is COc1ccc(Cl)cc1N(CC(=O)N[C@@H](C)c1ccc(C)c(C)c1)S(C)(=O)=O. The first-order chi connectivity index (χ1) is 13.0. The smallest absolute Gasteiger partial charge is 0.241 e. The quantitative estimate of drug-likeness (QED) is 0.736. The van der Waals surface area contributed by atoms with Gasteiger partial charge in [-0.05, 0) is 55.7 Å². The third-order valence-corrected chi connectivity index (χ3v) is 5.87. The number of nitrogens with zero attached hydrogens (tertiary/aromatic N) is 1. The van der Waals surface area contributed by atoms with Crippen LogP contribution in [0, 0.1) is 13.8 Å². The van der Waals surface area contributed by atoms with Crippen LogP contribution in [0.2, 0.25) is 5.02 Å². The molecule has 1 amide bonds. The molecule has 0 saturated heterocycles. The second kappa shape index (κ2) is 8.84. The number of ether oxygens (including phenoxy) is 1. The fourth-order valence-corrected chi connectivity index (χ4v) is 3.79. The van der Waals surface area contributed by atoms with E-state index in [1.807, 2.05) is 39.0 Å². The maximum Gasteiger partial charge on any atom is 0.241 e. The summed E-state index contributed by atoms with van der Waals surface area (Å²) in [4.78, 5) is 12.6. The Morgan fingerprint density at radius 2 is 1.86 bits per heavy atom. The summed E-state index contributed by atoms with van der Waals surface area (Å²) in [5.74, 6) is -0.122. The van der Waals surface area contributed by atoms with Crippen molar-refractivity contribution in [2.24, 2.45) is 0 Å². The van der Waals surface area contributed by atoms with Gasteiger partial charge >= 0.3 is 0 Å². The van der Waals surface area contributed by atoms with E-state index in [4.69, 9.17) is 16.3 Å². The van der Waals surface area contributed by atoms with E-state index in [2.05, 4.69) is 5.32 Å². The van der Waals surface area contributed by atoms with Gasteiger partial charge in [-0.15, -0.1) is 0 Å². The summed E-state index contributed by atoms with van der Waals surface area (Å²) in [5.41, 5.74) is 3.45. The Hall–Kier alpha value is -2.25. The van der Waals surface area contributed by atoms with Crippen molar-refractivity contribution in [1.82, 2.24) is 5.32 Å². The van der Waals surface area contributed by atoms with E-state index in [0.29, 0.717) is 10.8 Å². The van der Waals surface area contributed by atoms with Crippen molar-refractivity contribution in [1.29, 1.82) is 0 Å². The molecule has 2 aromatic carbocycles. The van der Waals surface area contributed by atoms with Gasteiger partial charge in [0.1, 0.15) is 12.3 Å². The standard InChI is InChI=1S/C20H25ClN2O4S/c1-13-6-7-16(10-14(13)2)15(3)22-20(24)12-23(28(5,25)26)18-11-17(21)8-9-19(18)27-4/h6-11,15H,12H2,1-5H3,(H,22,24)/t15-/m0/s1. The van der Waals surface area contributed by atoms with Gasteiger partial charge in [0, 0.05) is 5.02 Å². The highest BCUT2D eigenvalue weighted by molar-refractivity contribution is 7.92. The molecule has 0 radical (unpaired) electrons. The second-order valence-corrected chi connectivity index (χ2v) is 9.06. The molecule has 2 aromatic rings. The number of anilines is 1. The Labute approximate surface area is 171 Å². The number of nitrogens with one attached hydrogen (secondary N) is 1. The van der Waals surface area contributed by atoms with Crippen molar-refractivity contribution in [3.63, 3.8) is 0 Å². The molecule has 8 heteroatoms. The van der Waals surface area contributed by atoms with Crippen molar-refractivity contribution in [3.05, 3.63) is 58.1 Å². The first kappa shape index (κ1) is 22.0. The van der Waals surface area contributed by atoms with Gasteiger partial charge in [0.15, 0.2) is 0 Å². The van der Waals surface area contributed by atoms with Crippen LogP contribution < -0.4 is 14.4 Å². The molecule has 0 bridgehead atoms. The predicted molar refractivity (Wildman–Crippen MR) is 113 cm³/mol. The maximum absolute atomic E-state index is 12.6. The normalized spacial score (nSPS) is 12.4. The summed E-state index contributed by atoms with van der Waals surface area (Å²) < 4.78 is 30.9. The number of sulfonamides is 1. The summed E-state index contributed by atoms with van der Waals surface area (Å²) in [7, 11) is -2.32. The lowest BCUT2D eigenvalue weighted by Crippen LogP contribution is -2.41. The lowest BCUT2D eigenvalue weighted by molar-refractivity contribution is -0.120. The highest BCUT2D eigenvalue weighted by Crippen LogP contribution is 2.32. The average Bonchev–Trinajstić information content (AvgIpc) is 2.61. The topological polar surface area (TPSA) is 75.7 Å². The van der Waals surface area contributed by atoms with Crippen LogP contribution in [0.4, 0.5) is 5.69 Å². The number of carbonyl (C=O) groups is 1. The van der Waals surface area contributed by atoms with Gasteiger partial charge < -0.3 is 10.1 Å². The molecule has 1 N–H and O–H groups in total. The van der Waals surface area contributed by atoms with E-state index in [0.717, 1.165) is 21.7 Å². The van der Waals surface area contributed by atoms with Crippen LogP contribution in [0.5, 0.6) is 5.75 Å². The third kappa shape index (κ3) is 5.39. The molecule has 2 rings (SSSR count). The molecule has 0 saturated carbocycles. The van der Waals surface area contributed by atoms with Crippen LogP contribution in [0.3, 0.4) is 0 Å². The lowest BCUT2D eigenvalue weighted by Gasteiger charge is -2.25. The van der Waals surface area contributed by atoms with Crippen molar-refractivity contribution in [2.45, 2.75) is 26.8 Å². The van der Waals surface area contributed by atoms with Crippen LogP contribution >= 0.6 is 11.6 Å². The van der Waals surface area contributed by atoms with Gasteiger partial charge in [-0.3, -0.25) is 9.10 Å². The Morgan fingerprint density at radius 3 is 2.43 bits per heavy atom. The van der Waals surface area contributed by atoms with Gasteiger partial charge in [-0.1, -0.05) is 29.8 Å². The van der Waals surface area contributed by atoms with Gasteiger partial charge in [-0.25, -0.2) is 8.42 Å². The minimum Gasteiger partial charge on any atom is -0.495 e. The van der Waals surface area contributed by atoms with Crippen molar-refractivity contribution in [2.75, 3.05) is 24.2 Å². The van der Waals surface area contributed by atoms with Crippen LogP contribution in [-0.4, -0.2) is 34.2 Å². The Bertz CT molecular complexity index is 976.